The van der Waals surface area contributed by atoms with E-state index in [0.29, 0.717) is 45.2 Å². The van der Waals surface area contributed by atoms with Crippen LogP contribution in [0, 0.1) is 6.92 Å². The molecular formula is C22H22N4O5. The third-order valence-corrected chi connectivity index (χ3v) is 4.99. The number of aromatic nitrogens is 3. The van der Waals surface area contributed by atoms with Crippen LogP contribution in [-0.2, 0) is 11.3 Å². The Hall–Kier alpha value is -4.01. The van der Waals surface area contributed by atoms with Crippen molar-refractivity contribution in [3.63, 3.8) is 0 Å². The normalized spacial score (nSPS) is 11.0. The minimum absolute atomic E-state index is 0.0158. The molecule has 1 amide bonds. The van der Waals surface area contributed by atoms with Crippen molar-refractivity contribution in [3.05, 3.63) is 58.5 Å². The molecule has 9 heteroatoms. The molecule has 4 rings (SSSR count). The standard InChI is InChI=1S/C22H22N4O5/c1-13-8-20(27)24-22-16-10-18(30-3)19(31-4)11-17(16)25(26(13)22)12-21(28)23-14-6-5-7-15(9-14)29-2/h5-11H,12H2,1-4H3,(H,23,28). The molecule has 0 bridgehead atoms. The Morgan fingerprint density at radius 1 is 1.03 bits per heavy atom. The van der Waals surface area contributed by atoms with E-state index in [2.05, 4.69) is 10.3 Å². The number of nitrogens with one attached hydrogen (secondary N) is 1. The molecule has 2 aromatic carbocycles. The number of fused-ring (bicyclic) bond motifs is 3. The summed E-state index contributed by atoms with van der Waals surface area (Å²) in [6.45, 7) is 1.78. The summed E-state index contributed by atoms with van der Waals surface area (Å²) in [5.74, 6) is 1.41. The predicted octanol–water partition coefficient (Wildman–Crippen LogP) is 2.62. The van der Waals surface area contributed by atoms with Crippen molar-refractivity contribution in [1.29, 1.82) is 0 Å². The zero-order valence-electron chi connectivity index (χ0n) is 17.6. The summed E-state index contributed by atoms with van der Waals surface area (Å²) >= 11 is 0. The first-order chi connectivity index (χ1) is 14.9. The number of aryl methyl sites for hydroxylation is 1. The van der Waals surface area contributed by atoms with Crippen LogP contribution in [0.3, 0.4) is 0 Å². The van der Waals surface area contributed by atoms with Crippen molar-refractivity contribution < 1.29 is 19.0 Å². The van der Waals surface area contributed by atoms with Crippen LogP contribution < -0.4 is 25.1 Å². The molecule has 2 heterocycles. The van der Waals surface area contributed by atoms with Gasteiger partial charge in [-0.2, -0.15) is 4.98 Å². The van der Waals surface area contributed by atoms with Crippen LogP contribution in [0.4, 0.5) is 5.69 Å². The number of carbonyl (C=O) groups excluding carboxylic acids is 1. The number of methoxy groups -OCH3 is 3. The van der Waals surface area contributed by atoms with Gasteiger partial charge in [0.1, 0.15) is 12.3 Å². The van der Waals surface area contributed by atoms with Crippen molar-refractivity contribution in [3.8, 4) is 17.2 Å². The maximum absolute atomic E-state index is 12.9. The van der Waals surface area contributed by atoms with Gasteiger partial charge in [0.2, 0.25) is 5.91 Å². The minimum atomic E-state index is -0.354. The molecule has 0 aliphatic heterocycles. The summed E-state index contributed by atoms with van der Waals surface area (Å²) in [4.78, 5) is 29.1. The van der Waals surface area contributed by atoms with E-state index in [4.69, 9.17) is 14.2 Å². The van der Waals surface area contributed by atoms with Gasteiger partial charge < -0.3 is 19.5 Å². The number of anilines is 1. The SMILES string of the molecule is COc1cccc(NC(=O)Cn2c3cc(OC)c(OC)cc3c3nc(=O)cc(C)n32)c1. The predicted molar refractivity (Wildman–Crippen MR) is 116 cm³/mol. The molecular weight excluding hydrogens is 400 g/mol. The number of rotatable bonds is 6. The maximum atomic E-state index is 12.9. The monoisotopic (exact) mass is 422 g/mol. The lowest BCUT2D eigenvalue weighted by atomic mass is 10.2. The summed E-state index contributed by atoms with van der Waals surface area (Å²) < 4.78 is 19.5. The molecule has 9 nitrogen and oxygen atoms in total. The van der Waals surface area contributed by atoms with Crippen molar-refractivity contribution >= 4 is 28.1 Å². The zero-order valence-corrected chi connectivity index (χ0v) is 17.6. The molecule has 0 fully saturated rings. The maximum Gasteiger partial charge on any atom is 0.273 e. The number of hydrogen-bond acceptors (Lipinski definition) is 6. The fourth-order valence-electron chi connectivity index (χ4n) is 3.63. The van der Waals surface area contributed by atoms with Gasteiger partial charge in [-0.1, -0.05) is 6.07 Å². The summed E-state index contributed by atoms with van der Waals surface area (Å²) in [6.07, 6.45) is 0. The lowest BCUT2D eigenvalue weighted by Crippen LogP contribution is -2.23. The van der Waals surface area contributed by atoms with Crippen LogP contribution in [0.15, 0.2) is 47.3 Å². The second-order valence-electron chi connectivity index (χ2n) is 6.93. The highest BCUT2D eigenvalue weighted by Gasteiger charge is 2.19. The average molecular weight is 422 g/mol. The van der Waals surface area contributed by atoms with Gasteiger partial charge in [0.15, 0.2) is 17.1 Å². The molecule has 4 aromatic rings. The molecule has 0 aliphatic carbocycles. The van der Waals surface area contributed by atoms with Gasteiger partial charge in [0, 0.05) is 35.0 Å². The van der Waals surface area contributed by atoms with Crippen LogP contribution in [-0.4, -0.2) is 41.4 Å². The molecule has 0 saturated heterocycles. The molecule has 0 spiro atoms. The Labute approximate surface area is 177 Å². The topological polar surface area (TPSA) is 96.1 Å². The van der Waals surface area contributed by atoms with Gasteiger partial charge in [-0.25, -0.2) is 4.52 Å². The number of carbonyl (C=O) groups is 1. The Kier molecular flexibility index (Phi) is 5.24. The van der Waals surface area contributed by atoms with Gasteiger partial charge in [0.25, 0.3) is 5.56 Å². The highest BCUT2D eigenvalue weighted by atomic mass is 16.5. The number of benzene rings is 2. The van der Waals surface area contributed by atoms with Crippen LogP contribution in [0.25, 0.3) is 16.6 Å². The van der Waals surface area contributed by atoms with Crippen LogP contribution in [0.1, 0.15) is 5.69 Å². The van der Waals surface area contributed by atoms with E-state index in [1.54, 1.807) is 66.7 Å². The van der Waals surface area contributed by atoms with E-state index in [-0.39, 0.29) is 18.0 Å². The van der Waals surface area contributed by atoms with E-state index in [0.717, 1.165) is 0 Å². The largest absolute Gasteiger partial charge is 0.497 e. The third kappa shape index (κ3) is 3.65. The lowest BCUT2D eigenvalue weighted by molar-refractivity contribution is -0.116. The molecule has 0 atom stereocenters. The molecule has 0 aliphatic rings. The number of ether oxygens (including phenoxy) is 3. The Bertz CT molecular complexity index is 1360. The van der Waals surface area contributed by atoms with Crippen molar-refractivity contribution in [2.24, 2.45) is 0 Å². The van der Waals surface area contributed by atoms with Gasteiger partial charge >= 0.3 is 0 Å². The van der Waals surface area contributed by atoms with Crippen LogP contribution >= 0.6 is 0 Å². The van der Waals surface area contributed by atoms with E-state index in [1.165, 1.54) is 13.2 Å². The van der Waals surface area contributed by atoms with Gasteiger partial charge in [0.05, 0.1) is 26.8 Å². The number of hydrogen-bond donors (Lipinski definition) is 1. The molecule has 160 valence electrons. The summed E-state index contributed by atoms with van der Waals surface area (Å²) in [6, 6.07) is 12.1. The van der Waals surface area contributed by atoms with Crippen LogP contribution in [0.2, 0.25) is 0 Å². The average Bonchev–Trinajstić information content (AvgIpc) is 3.05. The minimum Gasteiger partial charge on any atom is -0.497 e. The first kappa shape index (κ1) is 20.3. The Morgan fingerprint density at radius 2 is 1.77 bits per heavy atom. The Morgan fingerprint density at radius 3 is 2.48 bits per heavy atom. The van der Waals surface area contributed by atoms with E-state index < -0.39 is 0 Å². The highest BCUT2D eigenvalue weighted by Crippen LogP contribution is 2.34. The highest BCUT2D eigenvalue weighted by molar-refractivity contribution is 5.97. The summed E-state index contributed by atoms with van der Waals surface area (Å²) in [5.41, 5.74) is 2.03. The van der Waals surface area contributed by atoms with E-state index in [9.17, 15) is 9.59 Å². The second-order valence-corrected chi connectivity index (χ2v) is 6.93. The van der Waals surface area contributed by atoms with Crippen molar-refractivity contribution in [1.82, 2.24) is 14.2 Å². The quantitative estimate of drug-likeness (QED) is 0.513. The molecule has 0 saturated carbocycles. The molecule has 0 unspecified atom stereocenters. The summed E-state index contributed by atoms with van der Waals surface area (Å²) in [5, 5.41) is 3.55. The second kappa shape index (κ2) is 8.02. The summed E-state index contributed by atoms with van der Waals surface area (Å²) in [7, 11) is 4.64. The molecule has 1 N–H and O–H groups in total. The van der Waals surface area contributed by atoms with Crippen molar-refractivity contribution in [2.75, 3.05) is 26.6 Å². The molecule has 0 radical (unpaired) electrons. The third-order valence-electron chi connectivity index (χ3n) is 4.99. The smallest absolute Gasteiger partial charge is 0.273 e. The van der Waals surface area contributed by atoms with Crippen LogP contribution in [0.5, 0.6) is 17.2 Å². The van der Waals surface area contributed by atoms with Gasteiger partial charge in [-0.3, -0.25) is 14.3 Å². The zero-order chi connectivity index (χ0) is 22.1. The molecule has 2 aromatic heterocycles. The van der Waals surface area contributed by atoms with Crippen molar-refractivity contribution in [2.45, 2.75) is 13.5 Å². The van der Waals surface area contributed by atoms with Gasteiger partial charge in [-0.15, -0.1) is 0 Å². The fraction of sp³-hybridized carbons (Fsp3) is 0.227. The first-order valence-electron chi connectivity index (χ1n) is 9.54. The fourth-order valence-corrected chi connectivity index (χ4v) is 3.63. The number of nitrogens with zero attached hydrogens (tertiary/aromatic N) is 3. The van der Waals surface area contributed by atoms with E-state index >= 15 is 0 Å². The van der Waals surface area contributed by atoms with Gasteiger partial charge in [-0.05, 0) is 25.1 Å². The molecule has 31 heavy (non-hydrogen) atoms. The first-order valence-corrected chi connectivity index (χ1v) is 9.54. The Balaban J connectivity index is 1.85. The van der Waals surface area contributed by atoms with E-state index in [1.807, 2.05) is 0 Å². The lowest BCUT2D eigenvalue weighted by Gasteiger charge is -2.12. The number of amides is 1.